The van der Waals surface area contributed by atoms with Crippen LogP contribution < -0.4 is 0 Å². The van der Waals surface area contributed by atoms with Gasteiger partial charge >= 0.3 is 5.97 Å². The summed E-state index contributed by atoms with van der Waals surface area (Å²) in [5, 5.41) is 18.8. The zero-order valence-electron chi connectivity index (χ0n) is 16.3. The molecule has 3 nitrogen and oxygen atoms in total. The lowest BCUT2D eigenvalue weighted by Gasteiger charge is -2.17. The normalized spacial score (nSPS) is 13.8. The molecule has 2 N–H and O–H groups in total. The van der Waals surface area contributed by atoms with Gasteiger partial charge in [-0.15, -0.1) is 0 Å². The minimum atomic E-state index is -0.848. The van der Waals surface area contributed by atoms with Gasteiger partial charge in [-0.3, -0.25) is 4.79 Å². The molecule has 0 amide bonds. The summed E-state index contributed by atoms with van der Waals surface area (Å²) in [5.41, 5.74) is 0. The molecule has 2 unspecified atom stereocenters. The van der Waals surface area contributed by atoms with Crippen molar-refractivity contribution in [3.8, 4) is 0 Å². The number of unbranched alkanes of at least 4 members (excludes halogenated alkanes) is 13. The average Bonchev–Trinajstić information content (AvgIpc) is 2.57. The van der Waals surface area contributed by atoms with Crippen molar-refractivity contribution in [1.82, 2.24) is 0 Å². The van der Waals surface area contributed by atoms with E-state index in [1.54, 1.807) is 0 Å². The number of hydrogen-bond donors (Lipinski definition) is 2. The Morgan fingerprint density at radius 3 is 1.42 bits per heavy atom. The van der Waals surface area contributed by atoms with Crippen molar-refractivity contribution in [3.63, 3.8) is 0 Å². The smallest absolute Gasteiger partial charge is 0.309 e. The Labute approximate surface area is 150 Å². The van der Waals surface area contributed by atoms with Crippen LogP contribution in [0.3, 0.4) is 0 Å². The first kappa shape index (κ1) is 23.4. The van der Waals surface area contributed by atoms with Gasteiger partial charge < -0.3 is 10.2 Å². The first-order valence-electron chi connectivity index (χ1n) is 10.5. The predicted octanol–water partition coefficient (Wildman–Crippen LogP) is 6.33. The molecule has 0 aliphatic rings. The first-order valence-corrected chi connectivity index (χ1v) is 10.5. The van der Waals surface area contributed by atoms with Crippen molar-refractivity contribution in [3.05, 3.63) is 0 Å². The number of aliphatic carboxylic acids is 1. The topological polar surface area (TPSA) is 57.5 Å². The SMILES string of the molecule is CCCCCCCCCCCCCCCCC(C(=O)O)C(O)CC. The lowest BCUT2D eigenvalue weighted by molar-refractivity contribution is -0.146. The third-order valence-electron chi connectivity index (χ3n) is 5.07. The molecule has 0 aromatic rings. The molecule has 0 rings (SSSR count). The molecule has 0 aromatic carbocycles. The Kier molecular flexibility index (Phi) is 16.8. The molecule has 3 heteroatoms. The molecule has 0 fully saturated rings. The average molecular weight is 343 g/mol. The fourth-order valence-corrected chi connectivity index (χ4v) is 3.32. The fourth-order valence-electron chi connectivity index (χ4n) is 3.32. The van der Waals surface area contributed by atoms with Crippen molar-refractivity contribution in [2.45, 2.75) is 123 Å². The Hall–Kier alpha value is -0.570. The van der Waals surface area contributed by atoms with E-state index in [0.717, 1.165) is 12.8 Å². The Balaban J connectivity index is 3.31. The van der Waals surface area contributed by atoms with Crippen LogP contribution in [0.2, 0.25) is 0 Å². The molecule has 0 heterocycles. The molecule has 0 radical (unpaired) electrons. The molecule has 2 atom stereocenters. The van der Waals surface area contributed by atoms with Crippen molar-refractivity contribution < 1.29 is 15.0 Å². The van der Waals surface area contributed by atoms with E-state index in [0.29, 0.717) is 12.8 Å². The van der Waals surface area contributed by atoms with Gasteiger partial charge in [-0.05, 0) is 12.8 Å². The standard InChI is InChI=1S/C21H42O3/c1-3-5-6-7-8-9-10-11-12-13-14-15-16-17-18-19(21(23)24)20(22)4-2/h19-20,22H,3-18H2,1-2H3,(H,23,24). The maximum atomic E-state index is 11.1. The molecular weight excluding hydrogens is 300 g/mol. The zero-order valence-corrected chi connectivity index (χ0v) is 16.3. The van der Waals surface area contributed by atoms with Crippen LogP contribution >= 0.6 is 0 Å². The Morgan fingerprint density at radius 2 is 1.08 bits per heavy atom. The molecular formula is C21H42O3. The van der Waals surface area contributed by atoms with Crippen molar-refractivity contribution in [2.24, 2.45) is 5.92 Å². The summed E-state index contributed by atoms with van der Waals surface area (Å²) < 4.78 is 0. The highest BCUT2D eigenvalue weighted by molar-refractivity contribution is 5.70. The first-order chi connectivity index (χ1) is 11.6. The van der Waals surface area contributed by atoms with E-state index in [4.69, 9.17) is 5.11 Å². The van der Waals surface area contributed by atoms with Crippen LogP contribution in [0, 0.1) is 5.92 Å². The van der Waals surface area contributed by atoms with E-state index >= 15 is 0 Å². The second kappa shape index (κ2) is 17.3. The molecule has 0 saturated heterocycles. The molecule has 0 saturated carbocycles. The number of aliphatic hydroxyl groups excluding tert-OH is 1. The lowest BCUT2D eigenvalue weighted by Crippen LogP contribution is -2.27. The van der Waals surface area contributed by atoms with Crippen LogP contribution in [-0.2, 0) is 4.79 Å². The summed E-state index contributed by atoms with van der Waals surface area (Å²) >= 11 is 0. The third-order valence-corrected chi connectivity index (χ3v) is 5.07. The van der Waals surface area contributed by atoms with Gasteiger partial charge in [0.25, 0.3) is 0 Å². The number of aliphatic hydroxyl groups is 1. The summed E-state index contributed by atoms with van der Waals surface area (Å²) in [5.74, 6) is -1.42. The molecule has 0 bridgehead atoms. The lowest BCUT2D eigenvalue weighted by atomic mass is 9.93. The van der Waals surface area contributed by atoms with Gasteiger partial charge in [0.15, 0.2) is 0 Å². The number of hydrogen-bond acceptors (Lipinski definition) is 2. The molecule has 0 aliphatic carbocycles. The van der Waals surface area contributed by atoms with E-state index in [2.05, 4.69) is 6.92 Å². The summed E-state index contributed by atoms with van der Waals surface area (Å²) in [6.07, 6.45) is 18.7. The fraction of sp³-hybridized carbons (Fsp3) is 0.952. The van der Waals surface area contributed by atoms with Gasteiger partial charge in [0.05, 0.1) is 12.0 Å². The summed E-state index contributed by atoms with van der Waals surface area (Å²) in [7, 11) is 0. The van der Waals surface area contributed by atoms with Crippen molar-refractivity contribution in [1.29, 1.82) is 0 Å². The monoisotopic (exact) mass is 342 g/mol. The van der Waals surface area contributed by atoms with Crippen LogP contribution in [0.1, 0.15) is 117 Å². The number of carbonyl (C=O) groups is 1. The van der Waals surface area contributed by atoms with Crippen LogP contribution in [0.5, 0.6) is 0 Å². The van der Waals surface area contributed by atoms with Gasteiger partial charge in [-0.25, -0.2) is 0 Å². The Bertz CT molecular complexity index is 278. The van der Waals surface area contributed by atoms with E-state index in [-0.39, 0.29) is 0 Å². The summed E-state index contributed by atoms with van der Waals surface area (Å²) in [6.45, 7) is 4.10. The minimum Gasteiger partial charge on any atom is -0.481 e. The number of carboxylic acid groups (broad SMARTS) is 1. The number of rotatable bonds is 18. The van der Waals surface area contributed by atoms with Crippen LogP contribution in [0.4, 0.5) is 0 Å². The third kappa shape index (κ3) is 13.8. The van der Waals surface area contributed by atoms with Gasteiger partial charge in [0.2, 0.25) is 0 Å². The quantitative estimate of drug-likeness (QED) is 0.286. The molecule has 144 valence electrons. The summed E-state index contributed by atoms with van der Waals surface area (Å²) in [4.78, 5) is 11.1. The van der Waals surface area contributed by atoms with Crippen LogP contribution in [-0.4, -0.2) is 22.3 Å². The van der Waals surface area contributed by atoms with Crippen LogP contribution in [0.15, 0.2) is 0 Å². The second-order valence-corrected chi connectivity index (χ2v) is 7.31. The molecule has 0 spiro atoms. The van der Waals surface area contributed by atoms with Gasteiger partial charge in [0.1, 0.15) is 0 Å². The van der Waals surface area contributed by atoms with E-state index in [1.807, 2.05) is 6.92 Å². The molecule has 0 aromatic heterocycles. The van der Waals surface area contributed by atoms with E-state index < -0.39 is 18.0 Å². The van der Waals surface area contributed by atoms with Gasteiger partial charge in [0, 0.05) is 0 Å². The largest absolute Gasteiger partial charge is 0.481 e. The maximum Gasteiger partial charge on any atom is 0.309 e. The van der Waals surface area contributed by atoms with Gasteiger partial charge in [-0.1, -0.05) is 104 Å². The molecule has 24 heavy (non-hydrogen) atoms. The van der Waals surface area contributed by atoms with Crippen LogP contribution in [0.25, 0.3) is 0 Å². The van der Waals surface area contributed by atoms with Crippen molar-refractivity contribution >= 4 is 5.97 Å². The maximum absolute atomic E-state index is 11.1. The molecule has 0 aliphatic heterocycles. The van der Waals surface area contributed by atoms with Gasteiger partial charge in [-0.2, -0.15) is 0 Å². The zero-order chi connectivity index (χ0) is 18.0. The highest BCUT2D eigenvalue weighted by Crippen LogP contribution is 2.18. The predicted molar refractivity (Wildman–Crippen MR) is 102 cm³/mol. The highest BCUT2D eigenvalue weighted by atomic mass is 16.4. The number of carboxylic acids is 1. The van der Waals surface area contributed by atoms with E-state index in [9.17, 15) is 9.90 Å². The second-order valence-electron chi connectivity index (χ2n) is 7.31. The van der Waals surface area contributed by atoms with Crippen molar-refractivity contribution in [2.75, 3.05) is 0 Å². The summed E-state index contributed by atoms with van der Waals surface area (Å²) in [6, 6.07) is 0. The minimum absolute atomic E-state index is 0.523. The van der Waals surface area contributed by atoms with E-state index in [1.165, 1.54) is 77.0 Å². The Morgan fingerprint density at radius 1 is 0.708 bits per heavy atom. The highest BCUT2D eigenvalue weighted by Gasteiger charge is 2.24.